The first kappa shape index (κ1) is 15.0. The molecule has 23 heavy (non-hydrogen) atoms. The SMILES string of the molecule is CCn1ncc(-c2ccn(Cc3c(C(=O)O)noc3C)n2)c1C. The summed E-state index contributed by atoms with van der Waals surface area (Å²) in [5.41, 5.74) is 3.26. The zero-order valence-corrected chi connectivity index (χ0v) is 13.1. The molecule has 3 aromatic rings. The van der Waals surface area contributed by atoms with Gasteiger partial charge in [-0.3, -0.25) is 9.36 Å². The van der Waals surface area contributed by atoms with Gasteiger partial charge in [0.25, 0.3) is 0 Å². The van der Waals surface area contributed by atoms with Gasteiger partial charge in [-0.25, -0.2) is 4.79 Å². The molecular weight excluding hydrogens is 298 g/mol. The van der Waals surface area contributed by atoms with Gasteiger partial charge in [0, 0.05) is 24.0 Å². The zero-order chi connectivity index (χ0) is 16.6. The number of carboxylic acids is 1. The van der Waals surface area contributed by atoms with Crippen LogP contribution in [0.25, 0.3) is 11.3 Å². The van der Waals surface area contributed by atoms with Crippen molar-refractivity contribution in [1.82, 2.24) is 24.7 Å². The highest BCUT2D eigenvalue weighted by Crippen LogP contribution is 2.22. The largest absolute Gasteiger partial charge is 0.476 e. The van der Waals surface area contributed by atoms with E-state index < -0.39 is 5.97 Å². The first-order valence-electron chi connectivity index (χ1n) is 7.26. The Morgan fingerprint density at radius 3 is 2.83 bits per heavy atom. The minimum Gasteiger partial charge on any atom is -0.476 e. The summed E-state index contributed by atoms with van der Waals surface area (Å²) in [6, 6.07) is 1.88. The number of aromatic nitrogens is 5. The van der Waals surface area contributed by atoms with Crippen LogP contribution < -0.4 is 0 Å². The summed E-state index contributed by atoms with van der Waals surface area (Å²) in [5, 5.41) is 21.5. The van der Waals surface area contributed by atoms with Crippen molar-refractivity contribution in [1.29, 1.82) is 0 Å². The topological polar surface area (TPSA) is 99.0 Å². The van der Waals surface area contributed by atoms with Crippen molar-refractivity contribution in [2.45, 2.75) is 33.9 Å². The molecular formula is C15H17N5O3. The standard InChI is InChI=1S/C15H17N5O3/c1-4-20-9(2)11(7-16-20)13-5-6-19(17-13)8-12-10(3)23-18-14(12)15(21)22/h5-7H,4,8H2,1-3H3,(H,21,22). The summed E-state index contributed by atoms with van der Waals surface area (Å²) >= 11 is 0. The zero-order valence-electron chi connectivity index (χ0n) is 13.1. The van der Waals surface area contributed by atoms with Crippen molar-refractivity contribution in [2.75, 3.05) is 0 Å². The predicted octanol–water partition coefficient (Wildman–Crippen LogP) is 2.12. The lowest BCUT2D eigenvalue weighted by atomic mass is 10.2. The van der Waals surface area contributed by atoms with E-state index in [1.165, 1.54) is 0 Å². The molecule has 0 radical (unpaired) electrons. The Hall–Kier alpha value is -2.90. The van der Waals surface area contributed by atoms with E-state index in [1.807, 2.05) is 24.6 Å². The Bertz CT molecular complexity index is 858. The van der Waals surface area contributed by atoms with E-state index in [1.54, 1.807) is 24.0 Å². The smallest absolute Gasteiger partial charge is 0.358 e. The van der Waals surface area contributed by atoms with Gasteiger partial charge in [-0.15, -0.1) is 0 Å². The minimum atomic E-state index is -1.11. The van der Waals surface area contributed by atoms with Crippen molar-refractivity contribution in [3.8, 4) is 11.3 Å². The number of rotatable bonds is 5. The molecule has 0 amide bonds. The maximum absolute atomic E-state index is 11.2. The van der Waals surface area contributed by atoms with Gasteiger partial charge in [-0.1, -0.05) is 5.16 Å². The Kier molecular flexibility index (Phi) is 3.73. The van der Waals surface area contributed by atoms with Crippen LogP contribution in [0.3, 0.4) is 0 Å². The van der Waals surface area contributed by atoms with E-state index in [4.69, 9.17) is 9.63 Å². The van der Waals surface area contributed by atoms with Crippen LogP contribution in [0.1, 0.15) is 34.4 Å². The fraction of sp³-hybridized carbons (Fsp3) is 0.333. The molecule has 0 spiro atoms. The van der Waals surface area contributed by atoms with Crippen LogP contribution in [0.15, 0.2) is 23.0 Å². The summed E-state index contributed by atoms with van der Waals surface area (Å²) < 4.78 is 8.55. The molecule has 0 unspecified atom stereocenters. The van der Waals surface area contributed by atoms with Gasteiger partial charge in [0.1, 0.15) is 5.76 Å². The summed E-state index contributed by atoms with van der Waals surface area (Å²) in [4.78, 5) is 11.2. The second-order valence-electron chi connectivity index (χ2n) is 5.23. The van der Waals surface area contributed by atoms with Crippen LogP contribution in [0, 0.1) is 13.8 Å². The van der Waals surface area contributed by atoms with Crippen LogP contribution in [0.2, 0.25) is 0 Å². The van der Waals surface area contributed by atoms with Crippen LogP contribution in [0.5, 0.6) is 0 Å². The van der Waals surface area contributed by atoms with E-state index in [2.05, 4.69) is 15.4 Å². The van der Waals surface area contributed by atoms with Crippen LogP contribution >= 0.6 is 0 Å². The maximum atomic E-state index is 11.2. The molecule has 0 saturated heterocycles. The number of nitrogens with zero attached hydrogens (tertiary/aromatic N) is 5. The number of aromatic carboxylic acids is 1. The van der Waals surface area contributed by atoms with E-state index in [-0.39, 0.29) is 12.2 Å². The van der Waals surface area contributed by atoms with Gasteiger partial charge in [0.05, 0.1) is 24.0 Å². The molecule has 3 heterocycles. The Morgan fingerprint density at radius 2 is 2.17 bits per heavy atom. The maximum Gasteiger partial charge on any atom is 0.358 e. The normalized spacial score (nSPS) is 11.1. The molecule has 0 saturated carbocycles. The van der Waals surface area contributed by atoms with E-state index in [0.29, 0.717) is 11.3 Å². The molecule has 0 aliphatic heterocycles. The lowest BCUT2D eigenvalue weighted by Gasteiger charge is -2.02. The van der Waals surface area contributed by atoms with Gasteiger partial charge in [-0.05, 0) is 26.8 Å². The van der Waals surface area contributed by atoms with Gasteiger partial charge in [0.2, 0.25) is 0 Å². The summed E-state index contributed by atoms with van der Waals surface area (Å²) in [6.07, 6.45) is 3.59. The van der Waals surface area contributed by atoms with E-state index >= 15 is 0 Å². The van der Waals surface area contributed by atoms with Crippen molar-refractivity contribution >= 4 is 5.97 Å². The summed E-state index contributed by atoms with van der Waals surface area (Å²) in [5.74, 6) is -0.626. The van der Waals surface area contributed by atoms with E-state index in [9.17, 15) is 4.79 Å². The highest BCUT2D eigenvalue weighted by atomic mass is 16.5. The first-order valence-corrected chi connectivity index (χ1v) is 7.26. The average molecular weight is 315 g/mol. The molecule has 8 nitrogen and oxygen atoms in total. The Balaban J connectivity index is 1.90. The molecule has 0 aliphatic rings. The second kappa shape index (κ2) is 5.71. The van der Waals surface area contributed by atoms with Crippen LogP contribution in [-0.2, 0) is 13.1 Å². The number of hydrogen-bond acceptors (Lipinski definition) is 5. The third-order valence-electron chi connectivity index (χ3n) is 3.83. The first-order chi connectivity index (χ1) is 11.0. The molecule has 8 heteroatoms. The Labute approximate surface area is 132 Å². The highest BCUT2D eigenvalue weighted by Gasteiger charge is 2.20. The van der Waals surface area contributed by atoms with Crippen molar-refractivity contribution in [3.63, 3.8) is 0 Å². The van der Waals surface area contributed by atoms with Crippen molar-refractivity contribution in [3.05, 3.63) is 41.2 Å². The number of carboxylic acid groups (broad SMARTS) is 1. The molecule has 3 aromatic heterocycles. The van der Waals surface area contributed by atoms with E-state index in [0.717, 1.165) is 23.5 Å². The van der Waals surface area contributed by atoms with Gasteiger partial charge < -0.3 is 9.63 Å². The molecule has 0 aliphatic carbocycles. The predicted molar refractivity (Wildman–Crippen MR) is 81.2 cm³/mol. The van der Waals surface area contributed by atoms with Crippen molar-refractivity contribution in [2.24, 2.45) is 0 Å². The number of carbonyl (C=O) groups is 1. The molecule has 3 rings (SSSR count). The number of hydrogen-bond donors (Lipinski definition) is 1. The molecule has 0 aromatic carbocycles. The fourth-order valence-corrected chi connectivity index (χ4v) is 2.52. The summed E-state index contributed by atoms with van der Waals surface area (Å²) in [7, 11) is 0. The lowest BCUT2D eigenvalue weighted by Crippen LogP contribution is -2.07. The van der Waals surface area contributed by atoms with Gasteiger partial charge in [0.15, 0.2) is 5.69 Å². The second-order valence-corrected chi connectivity index (χ2v) is 5.23. The molecule has 1 N–H and O–H groups in total. The lowest BCUT2D eigenvalue weighted by molar-refractivity contribution is 0.0684. The molecule has 0 atom stereocenters. The molecule has 120 valence electrons. The number of aryl methyl sites for hydroxylation is 2. The third kappa shape index (κ3) is 2.63. The average Bonchev–Trinajstić information content (AvgIpc) is 3.20. The van der Waals surface area contributed by atoms with Gasteiger partial charge in [-0.2, -0.15) is 10.2 Å². The molecule has 0 fully saturated rings. The fourth-order valence-electron chi connectivity index (χ4n) is 2.52. The quantitative estimate of drug-likeness (QED) is 0.774. The summed E-state index contributed by atoms with van der Waals surface area (Å²) in [6.45, 7) is 6.81. The third-order valence-corrected chi connectivity index (χ3v) is 3.83. The monoisotopic (exact) mass is 315 g/mol. The molecule has 0 bridgehead atoms. The van der Waals surface area contributed by atoms with Crippen LogP contribution in [-0.4, -0.2) is 35.8 Å². The van der Waals surface area contributed by atoms with Gasteiger partial charge >= 0.3 is 5.97 Å². The van der Waals surface area contributed by atoms with Crippen molar-refractivity contribution < 1.29 is 14.4 Å². The Morgan fingerprint density at radius 1 is 1.39 bits per heavy atom. The highest BCUT2D eigenvalue weighted by molar-refractivity contribution is 5.87. The van der Waals surface area contributed by atoms with Crippen LogP contribution in [0.4, 0.5) is 0 Å². The minimum absolute atomic E-state index is 0.0745.